The molecule has 2 bridgehead atoms. The van der Waals surface area contributed by atoms with Crippen LogP contribution in [0.15, 0.2) is 54.4 Å². The molecule has 1 aromatic carbocycles. The van der Waals surface area contributed by atoms with E-state index in [1.807, 2.05) is 31.4 Å². The molecule has 7 rings (SSSR count). The summed E-state index contributed by atoms with van der Waals surface area (Å²) in [5, 5.41) is 24.3. The molecule has 2 unspecified atom stereocenters. The minimum atomic E-state index is -1.65. The van der Waals surface area contributed by atoms with Crippen LogP contribution in [-0.2, 0) is 4.74 Å². The molecule has 36 heavy (non-hydrogen) atoms. The summed E-state index contributed by atoms with van der Waals surface area (Å²) in [6.45, 7) is 2.31. The number of halogens is 1. The van der Waals surface area contributed by atoms with Crippen LogP contribution < -0.4 is 0 Å². The summed E-state index contributed by atoms with van der Waals surface area (Å²) < 4.78 is 24.2. The van der Waals surface area contributed by atoms with Gasteiger partial charge in [-0.15, -0.1) is 0 Å². The molecule has 3 heterocycles. The number of alkyl halides is 1. The number of nitrogens with zero attached hydrogens (tertiary/aromatic N) is 2. The summed E-state index contributed by atoms with van der Waals surface area (Å²) in [5.74, 6) is 0.00909. The second-order valence-electron chi connectivity index (χ2n) is 12.3. The van der Waals surface area contributed by atoms with Crippen molar-refractivity contribution in [3.8, 4) is 0 Å². The number of pyridine rings is 1. The Bertz CT molecular complexity index is 1320. The van der Waals surface area contributed by atoms with Gasteiger partial charge < -0.3 is 19.8 Å². The van der Waals surface area contributed by atoms with Crippen molar-refractivity contribution in [1.82, 2.24) is 9.88 Å². The topological polar surface area (TPSA) is 65.8 Å². The number of likely N-dealkylation sites (N-methyl/N-ethyl adjacent to an activating group) is 1. The maximum Gasteiger partial charge on any atom is 0.158 e. The molecule has 2 N–H and O–H groups in total. The van der Waals surface area contributed by atoms with Crippen LogP contribution in [0.4, 0.5) is 4.39 Å². The van der Waals surface area contributed by atoms with E-state index in [4.69, 9.17) is 4.74 Å². The zero-order chi connectivity index (χ0) is 25.1. The van der Waals surface area contributed by atoms with Gasteiger partial charge in [-0.25, -0.2) is 4.39 Å². The maximum absolute atomic E-state index is 17.2. The number of hydrogen-bond acceptors (Lipinski definition) is 5. The van der Waals surface area contributed by atoms with E-state index in [1.165, 1.54) is 16.5 Å². The summed E-state index contributed by atoms with van der Waals surface area (Å²) in [7, 11) is 3.84. The van der Waals surface area contributed by atoms with E-state index in [9.17, 15) is 10.2 Å². The molecule has 8 atom stereocenters. The Labute approximate surface area is 211 Å². The standard InChI is InChI=1S/C30H35FN2O3/c1-27-10-12-29(31)15-22-25(34)26(35)23(33(2)3)16-28(22)11-13-30(29,36-28)24(27)8-7-21(27)20-6-4-5-18-17-32-14-9-19(18)20/h4-7,9,14-15,17,23-26,34-35H,8,10-13,16H2,1-3H3/t23-,24?,25+,26+,27+,28+,29?,30-/m0/s1. The Morgan fingerprint density at radius 3 is 2.75 bits per heavy atom. The zero-order valence-corrected chi connectivity index (χ0v) is 21.2. The predicted molar refractivity (Wildman–Crippen MR) is 137 cm³/mol. The van der Waals surface area contributed by atoms with Gasteiger partial charge in [-0.05, 0) is 92.3 Å². The normalized spacial score (nSPS) is 45.2. The van der Waals surface area contributed by atoms with E-state index >= 15 is 4.39 Å². The molecular formula is C30H35FN2O3. The van der Waals surface area contributed by atoms with Gasteiger partial charge in [0.25, 0.3) is 0 Å². The summed E-state index contributed by atoms with van der Waals surface area (Å²) in [6.07, 6.45) is 9.44. The maximum atomic E-state index is 17.2. The summed E-state index contributed by atoms with van der Waals surface area (Å²) in [5.41, 5.74) is -0.416. The third kappa shape index (κ3) is 2.66. The van der Waals surface area contributed by atoms with Crippen molar-refractivity contribution < 1.29 is 19.3 Å². The monoisotopic (exact) mass is 490 g/mol. The number of hydrogen-bond donors (Lipinski definition) is 2. The molecule has 0 radical (unpaired) electrons. The van der Waals surface area contributed by atoms with E-state index < -0.39 is 29.1 Å². The quantitative estimate of drug-likeness (QED) is 0.610. The molecular weight excluding hydrogens is 455 g/mol. The van der Waals surface area contributed by atoms with Crippen LogP contribution in [0, 0.1) is 11.3 Å². The first-order chi connectivity index (χ1) is 17.1. The molecule has 5 aliphatic rings. The Kier molecular flexibility index (Phi) is 4.64. The lowest BCUT2D eigenvalue weighted by Crippen LogP contribution is -2.68. The first-order valence-electron chi connectivity index (χ1n) is 13.3. The predicted octanol–water partition coefficient (Wildman–Crippen LogP) is 4.43. The first-order valence-corrected chi connectivity index (χ1v) is 13.3. The molecule has 1 aromatic heterocycles. The van der Waals surface area contributed by atoms with Crippen LogP contribution in [0.3, 0.4) is 0 Å². The van der Waals surface area contributed by atoms with Gasteiger partial charge >= 0.3 is 0 Å². The van der Waals surface area contributed by atoms with E-state index in [-0.39, 0.29) is 17.4 Å². The molecule has 5 nitrogen and oxygen atoms in total. The average Bonchev–Trinajstić information content (AvgIpc) is 3.39. The van der Waals surface area contributed by atoms with Gasteiger partial charge in [-0.2, -0.15) is 0 Å². The molecule has 3 fully saturated rings. The Balaban J connectivity index is 1.33. The van der Waals surface area contributed by atoms with Crippen molar-refractivity contribution in [2.75, 3.05) is 14.1 Å². The zero-order valence-electron chi connectivity index (χ0n) is 21.2. The third-order valence-electron chi connectivity index (χ3n) is 10.6. The molecule has 0 amide bonds. The fourth-order valence-electron chi connectivity index (χ4n) is 8.76. The van der Waals surface area contributed by atoms with Crippen LogP contribution in [0.25, 0.3) is 16.3 Å². The number of rotatable bonds is 2. The van der Waals surface area contributed by atoms with Crippen LogP contribution in [-0.4, -0.2) is 69.3 Å². The lowest BCUT2D eigenvalue weighted by atomic mass is 9.53. The van der Waals surface area contributed by atoms with E-state index in [0.29, 0.717) is 37.7 Å². The smallest absolute Gasteiger partial charge is 0.158 e. The van der Waals surface area contributed by atoms with Gasteiger partial charge in [0, 0.05) is 29.7 Å². The van der Waals surface area contributed by atoms with Gasteiger partial charge in [0.1, 0.15) is 11.7 Å². The number of fused-ring (bicyclic) bond motifs is 2. The minimum Gasteiger partial charge on any atom is -0.388 e. The van der Waals surface area contributed by atoms with Crippen LogP contribution in [0.1, 0.15) is 51.0 Å². The van der Waals surface area contributed by atoms with Gasteiger partial charge in [0.2, 0.25) is 0 Å². The van der Waals surface area contributed by atoms with Crippen molar-refractivity contribution in [3.63, 3.8) is 0 Å². The lowest BCUT2D eigenvalue weighted by Gasteiger charge is -2.60. The van der Waals surface area contributed by atoms with Crippen molar-refractivity contribution in [2.24, 2.45) is 11.3 Å². The fraction of sp³-hybridized carbons (Fsp3) is 0.567. The summed E-state index contributed by atoms with van der Waals surface area (Å²) in [6, 6.07) is 8.21. The van der Waals surface area contributed by atoms with Crippen molar-refractivity contribution >= 4 is 16.3 Å². The summed E-state index contributed by atoms with van der Waals surface area (Å²) >= 11 is 0. The first kappa shape index (κ1) is 23.0. The Hall–Kier alpha value is -2.12. The molecule has 3 aliphatic carbocycles. The fourth-order valence-corrected chi connectivity index (χ4v) is 8.76. The van der Waals surface area contributed by atoms with Gasteiger partial charge in [-0.1, -0.05) is 31.2 Å². The molecule has 2 spiro atoms. The highest BCUT2D eigenvalue weighted by Gasteiger charge is 2.74. The second-order valence-corrected chi connectivity index (χ2v) is 12.3. The van der Waals surface area contributed by atoms with E-state index in [0.717, 1.165) is 11.8 Å². The number of aromatic nitrogens is 1. The van der Waals surface area contributed by atoms with Crippen molar-refractivity contribution in [3.05, 3.63) is 59.9 Å². The van der Waals surface area contributed by atoms with E-state index in [1.54, 1.807) is 6.08 Å². The van der Waals surface area contributed by atoms with Gasteiger partial charge in [0.15, 0.2) is 5.67 Å². The highest BCUT2D eigenvalue weighted by molar-refractivity contribution is 5.95. The number of aliphatic hydroxyl groups is 2. The average molecular weight is 491 g/mol. The van der Waals surface area contributed by atoms with Gasteiger partial charge in [-0.3, -0.25) is 4.98 Å². The Morgan fingerprint density at radius 1 is 1.11 bits per heavy atom. The molecule has 2 aromatic rings. The Morgan fingerprint density at radius 2 is 1.94 bits per heavy atom. The number of ether oxygens (including phenoxy) is 1. The summed E-state index contributed by atoms with van der Waals surface area (Å²) in [4.78, 5) is 6.26. The number of aliphatic hydroxyl groups excluding tert-OH is 2. The van der Waals surface area contributed by atoms with E-state index in [2.05, 4.69) is 42.2 Å². The van der Waals surface area contributed by atoms with Crippen LogP contribution in [0.5, 0.6) is 0 Å². The largest absolute Gasteiger partial charge is 0.388 e. The molecule has 6 heteroatoms. The van der Waals surface area contributed by atoms with Crippen LogP contribution in [0.2, 0.25) is 0 Å². The van der Waals surface area contributed by atoms with Crippen molar-refractivity contribution in [2.45, 2.75) is 80.6 Å². The lowest BCUT2D eigenvalue weighted by molar-refractivity contribution is -0.239. The minimum absolute atomic E-state index is 0.00909. The SMILES string of the molecule is CN(C)[C@H]1C[C@@]23CC[C@]4(O2)C2CC=C(c5cccc6cnccc56)[C@@]2(C)CCC4(F)C=C3[C@@H](O)[C@@H]1O. The molecule has 1 saturated heterocycles. The highest BCUT2D eigenvalue weighted by Crippen LogP contribution is 2.71. The van der Waals surface area contributed by atoms with Crippen LogP contribution >= 0.6 is 0 Å². The molecule has 2 saturated carbocycles. The molecule has 2 aliphatic heterocycles. The van der Waals surface area contributed by atoms with Crippen molar-refractivity contribution in [1.29, 1.82) is 0 Å². The molecule has 190 valence electrons. The number of allylic oxidation sites excluding steroid dienone is 2. The number of benzene rings is 1. The van der Waals surface area contributed by atoms with Gasteiger partial charge in [0.05, 0.1) is 11.7 Å². The third-order valence-corrected chi connectivity index (χ3v) is 10.6. The highest BCUT2D eigenvalue weighted by atomic mass is 19.1. The second kappa shape index (κ2) is 7.25.